The van der Waals surface area contributed by atoms with E-state index in [-0.39, 0.29) is 12.5 Å². The molecule has 1 atom stereocenters. The second-order valence-corrected chi connectivity index (χ2v) is 5.25. The maximum atomic E-state index is 11.9. The molecule has 0 bridgehead atoms. The summed E-state index contributed by atoms with van der Waals surface area (Å²) in [5.41, 5.74) is -0.556. The number of terminal acetylenes is 1. The minimum Gasteiger partial charge on any atom is -0.444 e. The van der Waals surface area contributed by atoms with Crippen molar-refractivity contribution in [2.45, 2.75) is 45.3 Å². The third-order valence-corrected chi connectivity index (χ3v) is 2.55. The number of hydrogen-bond acceptors (Lipinski definition) is 3. The van der Waals surface area contributed by atoms with Gasteiger partial charge in [-0.05, 0) is 33.6 Å². The molecule has 0 aromatic heterocycles. The van der Waals surface area contributed by atoms with E-state index in [1.807, 2.05) is 0 Å². The Morgan fingerprint density at radius 2 is 2.17 bits per heavy atom. The highest BCUT2D eigenvalue weighted by Crippen LogP contribution is 2.20. The van der Waals surface area contributed by atoms with Crippen LogP contribution in [0.4, 0.5) is 4.79 Å². The van der Waals surface area contributed by atoms with Crippen molar-refractivity contribution in [1.29, 1.82) is 0 Å². The average molecular weight is 252 g/mol. The maximum Gasteiger partial charge on any atom is 0.410 e. The molecule has 1 fully saturated rings. The molecule has 1 saturated heterocycles. The standard InChI is InChI=1S/C13H20N2O3/c1-5-8-14-11(16)10-7-6-9-15(10)12(17)18-13(2,3)4/h1,10H,6-9H2,2-4H3,(H,14,16)/t10-/m1/s1. The van der Waals surface area contributed by atoms with Crippen LogP contribution in [0.25, 0.3) is 0 Å². The van der Waals surface area contributed by atoms with Gasteiger partial charge in [-0.1, -0.05) is 5.92 Å². The minimum absolute atomic E-state index is 0.178. The highest BCUT2D eigenvalue weighted by atomic mass is 16.6. The molecule has 0 radical (unpaired) electrons. The van der Waals surface area contributed by atoms with E-state index in [2.05, 4.69) is 11.2 Å². The zero-order valence-corrected chi connectivity index (χ0v) is 11.2. The Labute approximate surface area is 108 Å². The first kappa shape index (κ1) is 14.4. The molecular formula is C13H20N2O3. The van der Waals surface area contributed by atoms with Gasteiger partial charge >= 0.3 is 6.09 Å². The number of carbonyl (C=O) groups is 2. The predicted molar refractivity (Wildman–Crippen MR) is 67.8 cm³/mol. The van der Waals surface area contributed by atoms with Crippen LogP contribution in [0.3, 0.4) is 0 Å². The largest absolute Gasteiger partial charge is 0.444 e. The molecular weight excluding hydrogens is 232 g/mol. The fourth-order valence-electron chi connectivity index (χ4n) is 1.83. The summed E-state index contributed by atoms with van der Waals surface area (Å²) in [5, 5.41) is 2.60. The molecule has 0 unspecified atom stereocenters. The third kappa shape index (κ3) is 3.95. The highest BCUT2D eigenvalue weighted by Gasteiger charge is 2.36. The Bertz CT molecular complexity index is 365. The lowest BCUT2D eigenvalue weighted by Crippen LogP contribution is -2.47. The van der Waals surface area contributed by atoms with Crippen molar-refractivity contribution in [2.75, 3.05) is 13.1 Å². The highest BCUT2D eigenvalue weighted by molar-refractivity contribution is 5.86. The molecule has 100 valence electrons. The summed E-state index contributed by atoms with van der Waals surface area (Å²) >= 11 is 0. The molecule has 5 nitrogen and oxygen atoms in total. The van der Waals surface area contributed by atoms with Crippen LogP contribution in [0.2, 0.25) is 0 Å². The summed E-state index contributed by atoms with van der Waals surface area (Å²) in [6, 6.07) is -0.465. The molecule has 2 amide bonds. The first-order valence-electron chi connectivity index (χ1n) is 6.06. The fourth-order valence-corrected chi connectivity index (χ4v) is 1.83. The quantitative estimate of drug-likeness (QED) is 0.750. The van der Waals surface area contributed by atoms with Crippen molar-refractivity contribution in [1.82, 2.24) is 10.2 Å². The Morgan fingerprint density at radius 3 is 2.72 bits per heavy atom. The molecule has 0 aromatic carbocycles. The van der Waals surface area contributed by atoms with Gasteiger partial charge in [0.05, 0.1) is 6.54 Å². The number of hydrogen-bond donors (Lipinski definition) is 1. The number of likely N-dealkylation sites (tertiary alicyclic amines) is 1. The lowest BCUT2D eigenvalue weighted by Gasteiger charge is -2.27. The van der Waals surface area contributed by atoms with E-state index >= 15 is 0 Å². The normalized spacial score (nSPS) is 19.2. The zero-order chi connectivity index (χ0) is 13.8. The monoisotopic (exact) mass is 252 g/mol. The van der Waals surface area contributed by atoms with E-state index in [1.165, 1.54) is 4.90 Å². The molecule has 0 saturated carbocycles. The molecule has 1 aliphatic heterocycles. The first-order chi connectivity index (χ1) is 8.35. The van der Waals surface area contributed by atoms with Crippen LogP contribution < -0.4 is 5.32 Å². The smallest absolute Gasteiger partial charge is 0.410 e. The van der Waals surface area contributed by atoms with E-state index in [9.17, 15) is 9.59 Å². The summed E-state index contributed by atoms with van der Waals surface area (Å²) in [7, 11) is 0. The number of carbonyl (C=O) groups excluding carboxylic acids is 2. The molecule has 0 spiro atoms. The van der Waals surface area contributed by atoms with Crippen LogP contribution in [0, 0.1) is 12.3 Å². The summed E-state index contributed by atoms with van der Waals surface area (Å²) in [6.45, 7) is 6.12. The summed E-state index contributed by atoms with van der Waals surface area (Å²) < 4.78 is 5.27. The Balaban J connectivity index is 2.62. The molecule has 1 aliphatic rings. The maximum absolute atomic E-state index is 11.9. The van der Waals surface area contributed by atoms with Gasteiger partial charge in [0.1, 0.15) is 11.6 Å². The number of ether oxygens (including phenoxy) is 1. The predicted octanol–water partition coefficient (Wildman–Crippen LogP) is 1.14. The van der Waals surface area contributed by atoms with E-state index in [1.54, 1.807) is 20.8 Å². The van der Waals surface area contributed by atoms with Crippen molar-refractivity contribution in [3.63, 3.8) is 0 Å². The summed E-state index contributed by atoms with van der Waals surface area (Å²) in [5.74, 6) is 2.13. The molecule has 1 heterocycles. The topological polar surface area (TPSA) is 58.6 Å². The van der Waals surface area contributed by atoms with Gasteiger partial charge in [-0.3, -0.25) is 9.69 Å². The van der Waals surface area contributed by atoms with Crippen LogP contribution in [0.15, 0.2) is 0 Å². The van der Waals surface area contributed by atoms with E-state index in [0.29, 0.717) is 13.0 Å². The van der Waals surface area contributed by atoms with E-state index in [0.717, 1.165) is 6.42 Å². The second kappa shape index (κ2) is 5.76. The van der Waals surface area contributed by atoms with Crippen molar-refractivity contribution in [2.24, 2.45) is 0 Å². The van der Waals surface area contributed by atoms with Crippen molar-refractivity contribution in [3.05, 3.63) is 0 Å². The van der Waals surface area contributed by atoms with E-state index in [4.69, 9.17) is 11.2 Å². The van der Waals surface area contributed by atoms with Crippen LogP contribution in [-0.2, 0) is 9.53 Å². The van der Waals surface area contributed by atoms with Crippen molar-refractivity contribution < 1.29 is 14.3 Å². The van der Waals surface area contributed by atoms with Gasteiger partial charge in [0.2, 0.25) is 5.91 Å². The van der Waals surface area contributed by atoms with Crippen LogP contribution in [0.5, 0.6) is 0 Å². The van der Waals surface area contributed by atoms with Gasteiger partial charge in [0.25, 0.3) is 0 Å². The average Bonchev–Trinajstić information content (AvgIpc) is 2.72. The van der Waals surface area contributed by atoms with Crippen LogP contribution >= 0.6 is 0 Å². The van der Waals surface area contributed by atoms with Gasteiger partial charge in [-0.2, -0.15) is 0 Å². The molecule has 0 aromatic rings. The number of nitrogens with zero attached hydrogens (tertiary/aromatic N) is 1. The van der Waals surface area contributed by atoms with Gasteiger partial charge in [0.15, 0.2) is 0 Å². The Hall–Kier alpha value is -1.70. The van der Waals surface area contributed by atoms with Gasteiger partial charge < -0.3 is 10.1 Å². The fraction of sp³-hybridized carbons (Fsp3) is 0.692. The van der Waals surface area contributed by atoms with E-state index < -0.39 is 17.7 Å². The second-order valence-electron chi connectivity index (χ2n) is 5.25. The SMILES string of the molecule is C#CCNC(=O)[C@H]1CCCN1C(=O)OC(C)(C)C. The first-order valence-corrected chi connectivity index (χ1v) is 6.06. The third-order valence-electron chi connectivity index (χ3n) is 2.55. The van der Waals surface area contributed by atoms with Crippen LogP contribution in [0.1, 0.15) is 33.6 Å². The minimum atomic E-state index is -0.556. The molecule has 0 aliphatic carbocycles. The zero-order valence-electron chi connectivity index (χ0n) is 11.2. The molecule has 18 heavy (non-hydrogen) atoms. The Morgan fingerprint density at radius 1 is 1.50 bits per heavy atom. The lowest BCUT2D eigenvalue weighted by atomic mass is 10.2. The molecule has 1 N–H and O–H groups in total. The molecule has 5 heteroatoms. The van der Waals surface area contributed by atoms with Crippen molar-refractivity contribution >= 4 is 12.0 Å². The van der Waals surface area contributed by atoms with Crippen molar-refractivity contribution in [3.8, 4) is 12.3 Å². The number of nitrogens with one attached hydrogen (secondary N) is 1. The Kier molecular flexibility index (Phi) is 4.60. The molecule has 1 rings (SSSR count). The van der Waals surface area contributed by atoms with Crippen LogP contribution in [-0.4, -0.2) is 41.6 Å². The number of amides is 2. The van der Waals surface area contributed by atoms with Gasteiger partial charge in [0, 0.05) is 6.54 Å². The van der Waals surface area contributed by atoms with Gasteiger partial charge in [-0.25, -0.2) is 4.79 Å². The lowest BCUT2D eigenvalue weighted by molar-refractivity contribution is -0.125. The summed E-state index contributed by atoms with van der Waals surface area (Å²) in [4.78, 5) is 25.2. The van der Waals surface area contributed by atoms with Gasteiger partial charge in [-0.15, -0.1) is 6.42 Å². The summed E-state index contributed by atoms with van der Waals surface area (Å²) in [6.07, 6.45) is 6.09. The number of rotatable bonds is 2.